The van der Waals surface area contributed by atoms with E-state index in [1.165, 1.54) is 32.6 Å². The van der Waals surface area contributed by atoms with E-state index >= 15 is 0 Å². The van der Waals surface area contributed by atoms with Crippen LogP contribution >= 0.6 is 0 Å². The van der Waals surface area contributed by atoms with Gasteiger partial charge in [-0.15, -0.1) is 0 Å². The Kier molecular flexibility index (Phi) is 6.82. The molecule has 12 heavy (non-hydrogen) atoms. The zero-order valence-electron chi connectivity index (χ0n) is 8.43. The van der Waals surface area contributed by atoms with Crippen LogP contribution in [0.25, 0.3) is 0 Å². The monoisotopic (exact) mass is 172 g/mol. The van der Waals surface area contributed by atoms with Crippen molar-refractivity contribution in [1.29, 1.82) is 0 Å². The molecule has 0 aromatic rings. The molecule has 0 radical (unpaired) electrons. The second kappa shape index (κ2) is 7.14. The maximum atomic E-state index is 10.5. The minimum absolute atomic E-state index is 0.0966. The minimum Gasteiger partial charge on any atom is -0.463 e. The summed E-state index contributed by atoms with van der Waals surface area (Å²) in [6, 6.07) is 0. The molecule has 1 atom stereocenters. The first-order valence-electron chi connectivity index (χ1n) is 4.84. The number of carbonyl (C=O) groups excluding carboxylic acids is 1. The molecule has 0 rings (SSSR count). The van der Waals surface area contributed by atoms with Gasteiger partial charge >= 0.3 is 5.97 Å². The summed E-state index contributed by atoms with van der Waals surface area (Å²) in [5, 5.41) is 0. The number of unbranched alkanes of at least 4 members (excludes halogenated alkanes) is 3. The Balaban J connectivity index is 3.19. The molecule has 2 nitrogen and oxygen atoms in total. The molecule has 2 heteroatoms. The van der Waals surface area contributed by atoms with Crippen molar-refractivity contribution >= 4 is 5.97 Å². The third-order valence-corrected chi connectivity index (χ3v) is 1.83. The Labute approximate surface area is 75.3 Å². The number of hydrogen-bond acceptors (Lipinski definition) is 2. The summed E-state index contributed by atoms with van der Waals surface area (Å²) in [6.45, 7) is 5.60. The lowest BCUT2D eigenvalue weighted by Gasteiger charge is -2.10. The highest BCUT2D eigenvalue weighted by Gasteiger charge is 2.03. The Bertz CT molecular complexity index is 121. The van der Waals surface area contributed by atoms with Crippen LogP contribution in [-0.2, 0) is 9.53 Å². The molecule has 0 aliphatic rings. The van der Waals surface area contributed by atoms with Crippen LogP contribution in [0.1, 0.15) is 52.9 Å². The fraction of sp³-hybridized carbons (Fsp3) is 0.900. The molecular formula is C10H20O2. The van der Waals surface area contributed by atoms with Crippen molar-refractivity contribution < 1.29 is 9.53 Å². The Morgan fingerprint density at radius 1 is 1.33 bits per heavy atom. The van der Waals surface area contributed by atoms with Crippen LogP contribution < -0.4 is 0 Å². The zero-order chi connectivity index (χ0) is 9.40. The Morgan fingerprint density at radius 3 is 2.50 bits per heavy atom. The molecule has 0 heterocycles. The van der Waals surface area contributed by atoms with Crippen LogP contribution in [0.15, 0.2) is 0 Å². The van der Waals surface area contributed by atoms with Crippen LogP contribution in [-0.4, -0.2) is 12.1 Å². The number of hydrogen-bond donors (Lipinski definition) is 0. The normalized spacial score (nSPS) is 12.6. The van der Waals surface area contributed by atoms with Crippen molar-refractivity contribution in [3.8, 4) is 0 Å². The SMILES string of the molecule is CCCCCCC(C)OC(C)=O. The fourth-order valence-electron chi connectivity index (χ4n) is 1.20. The molecule has 0 aromatic heterocycles. The minimum atomic E-state index is -0.169. The third-order valence-electron chi connectivity index (χ3n) is 1.83. The molecule has 0 fully saturated rings. The first-order chi connectivity index (χ1) is 5.66. The summed E-state index contributed by atoms with van der Waals surface area (Å²) in [6.07, 6.45) is 6.05. The molecule has 72 valence electrons. The lowest BCUT2D eigenvalue weighted by molar-refractivity contribution is -0.145. The van der Waals surface area contributed by atoms with Gasteiger partial charge in [-0.2, -0.15) is 0 Å². The number of esters is 1. The van der Waals surface area contributed by atoms with Crippen molar-refractivity contribution in [3.05, 3.63) is 0 Å². The average molecular weight is 172 g/mol. The van der Waals surface area contributed by atoms with E-state index in [2.05, 4.69) is 6.92 Å². The van der Waals surface area contributed by atoms with Gasteiger partial charge in [0.25, 0.3) is 0 Å². The van der Waals surface area contributed by atoms with Gasteiger partial charge in [0.05, 0.1) is 6.10 Å². The largest absolute Gasteiger partial charge is 0.463 e. The predicted molar refractivity (Wildman–Crippen MR) is 50.0 cm³/mol. The summed E-state index contributed by atoms with van der Waals surface area (Å²) in [5.74, 6) is -0.169. The number of ether oxygens (including phenoxy) is 1. The van der Waals surface area contributed by atoms with Gasteiger partial charge < -0.3 is 4.74 Å². The lowest BCUT2D eigenvalue weighted by Crippen LogP contribution is -2.11. The standard InChI is InChI=1S/C10H20O2/c1-4-5-6-7-8-9(2)12-10(3)11/h9H,4-8H2,1-3H3. The zero-order valence-corrected chi connectivity index (χ0v) is 8.43. The highest BCUT2D eigenvalue weighted by atomic mass is 16.5. The van der Waals surface area contributed by atoms with Crippen molar-refractivity contribution in [2.45, 2.75) is 59.0 Å². The predicted octanol–water partition coefficient (Wildman–Crippen LogP) is 2.91. The van der Waals surface area contributed by atoms with E-state index in [0.29, 0.717) is 0 Å². The van der Waals surface area contributed by atoms with Gasteiger partial charge in [0.1, 0.15) is 0 Å². The first kappa shape index (κ1) is 11.5. The quantitative estimate of drug-likeness (QED) is 0.455. The Morgan fingerprint density at radius 2 is 2.00 bits per heavy atom. The molecular weight excluding hydrogens is 152 g/mol. The van der Waals surface area contributed by atoms with Crippen LogP contribution in [0, 0.1) is 0 Å². The number of carbonyl (C=O) groups is 1. The molecule has 0 aliphatic heterocycles. The molecule has 0 saturated heterocycles. The van der Waals surface area contributed by atoms with E-state index in [1.807, 2.05) is 6.92 Å². The van der Waals surface area contributed by atoms with Crippen LogP contribution in [0.2, 0.25) is 0 Å². The van der Waals surface area contributed by atoms with Crippen molar-refractivity contribution in [2.75, 3.05) is 0 Å². The van der Waals surface area contributed by atoms with Gasteiger partial charge in [-0.25, -0.2) is 0 Å². The van der Waals surface area contributed by atoms with Gasteiger partial charge in [-0.05, 0) is 19.8 Å². The highest BCUT2D eigenvalue weighted by molar-refractivity contribution is 5.66. The molecule has 0 spiro atoms. The molecule has 0 aliphatic carbocycles. The second-order valence-corrected chi connectivity index (χ2v) is 3.27. The molecule has 0 bridgehead atoms. The van der Waals surface area contributed by atoms with Crippen molar-refractivity contribution in [1.82, 2.24) is 0 Å². The summed E-state index contributed by atoms with van der Waals surface area (Å²) in [4.78, 5) is 10.5. The van der Waals surface area contributed by atoms with E-state index in [0.717, 1.165) is 6.42 Å². The molecule has 1 unspecified atom stereocenters. The van der Waals surface area contributed by atoms with Crippen LogP contribution in [0.5, 0.6) is 0 Å². The van der Waals surface area contributed by atoms with Gasteiger partial charge in [-0.3, -0.25) is 4.79 Å². The van der Waals surface area contributed by atoms with Crippen LogP contribution in [0.4, 0.5) is 0 Å². The highest BCUT2D eigenvalue weighted by Crippen LogP contribution is 2.07. The molecule has 0 amide bonds. The smallest absolute Gasteiger partial charge is 0.302 e. The van der Waals surface area contributed by atoms with Crippen molar-refractivity contribution in [3.63, 3.8) is 0 Å². The van der Waals surface area contributed by atoms with Crippen molar-refractivity contribution in [2.24, 2.45) is 0 Å². The second-order valence-electron chi connectivity index (χ2n) is 3.27. The molecule has 0 saturated carbocycles. The van der Waals surface area contributed by atoms with Gasteiger partial charge in [0.15, 0.2) is 0 Å². The first-order valence-corrected chi connectivity index (χ1v) is 4.84. The average Bonchev–Trinajstić information content (AvgIpc) is 1.97. The Hall–Kier alpha value is -0.530. The summed E-state index contributed by atoms with van der Waals surface area (Å²) < 4.78 is 4.99. The van der Waals surface area contributed by atoms with E-state index in [-0.39, 0.29) is 12.1 Å². The van der Waals surface area contributed by atoms with E-state index in [1.54, 1.807) is 0 Å². The summed E-state index contributed by atoms with van der Waals surface area (Å²) in [5.41, 5.74) is 0. The van der Waals surface area contributed by atoms with Gasteiger partial charge in [-0.1, -0.05) is 26.2 Å². The fourth-order valence-corrected chi connectivity index (χ4v) is 1.20. The molecule has 0 aromatic carbocycles. The van der Waals surface area contributed by atoms with Gasteiger partial charge in [0, 0.05) is 6.92 Å². The maximum Gasteiger partial charge on any atom is 0.302 e. The van der Waals surface area contributed by atoms with Gasteiger partial charge in [0.2, 0.25) is 0 Å². The maximum absolute atomic E-state index is 10.5. The van der Waals surface area contributed by atoms with E-state index < -0.39 is 0 Å². The summed E-state index contributed by atoms with van der Waals surface area (Å²) in [7, 11) is 0. The van der Waals surface area contributed by atoms with Crippen LogP contribution in [0.3, 0.4) is 0 Å². The van der Waals surface area contributed by atoms with E-state index in [9.17, 15) is 4.79 Å². The summed E-state index contributed by atoms with van der Waals surface area (Å²) >= 11 is 0. The molecule has 0 N–H and O–H groups in total. The lowest BCUT2D eigenvalue weighted by atomic mass is 10.1. The topological polar surface area (TPSA) is 26.3 Å². The van der Waals surface area contributed by atoms with E-state index in [4.69, 9.17) is 4.74 Å². The number of rotatable bonds is 6. The third kappa shape index (κ3) is 7.58.